The van der Waals surface area contributed by atoms with Crippen molar-refractivity contribution in [2.24, 2.45) is 0 Å². The van der Waals surface area contributed by atoms with Crippen molar-refractivity contribution in [2.75, 3.05) is 31.9 Å². The molecule has 0 saturated carbocycles. The monoisotopic (exact) mass is 285 g/mol. The summed E-state index contributed by atoms with van der Waals surface area (Å²) in [5, 5.41) is 2.92. The summed E-state index contributed by atoms with van der Waals surface area (Å²) in [6.07, 6.45) is 0.975. The number of anilines is 1. The van der Waals surface area contributed by atoms with Crippen LogP contribution in [-0.2, 0) is 0 Å². The summed E-state index contributed by atoms with van der Waals surface area (Å²) in [6.45, 7) is 8.15. The van der Waals surface area contributed by atoms with E-state index in [-0.39, 0.29) is 18.3 Å². The highest BCUT2D eigenvalue weighted by molar-refractivity contribution is 5.94. The van der Waals surface area contributed by atoms with E-state index in [1.165, 1.54) is 0 Å². The van der Waals surface area contributed by atoms with E-state index in [0.717, 1.165) is 26.1 Å². The van der Waals surface area contributed by atoms with Gasteiger partial charge in [0.1, 0.15) is 0 Å². The molecule has 0 fully saturated rings. The molecule has 0 unspecified atom stereocenters. The second-order valence-corrected chi connectivity index (χ2v) is 4.26. The highest BCUT2D eigenvalue weighted by Crippen LogP contribution is 2.05. The summed E-state index contributed by atoms with van der Waals surface area (Å²) >= 11 is 0. The Kier molecular flexibility index (Phi) is 9.00. The van der Waals surface area contributed by atoms with Gasteiger partial charge in [0.25, 0.3) is 5.91 Å². The Bertz CT molecular complexity index is 363. The van der Waals surface area contributed by atoms with Crippen molar-refractivity contribution in [2.45, 2.75) is 20.3 Å². The molecule has 0 atom stereocenters. The Morgan fingerprint density at radius 1 is 1.21 bits per heavy atom. The van der Waals surface area contributed by atoms with Crippen LogP contribution in [0.5, 0.6) is 0 Å². The van der Waals surface area contributed by atoms with Crippen LogP contribution in [0.4, 0.5) is 5.69 Å². The molecule has 5 heteroatoms. The average Bonchev–Trinajstić information content (AvgIpc) is 2.39. The van der Waals surface area contributed by atoms with E-state index in [1.807, 2.05) is 0 Å². The number of nitrogens with zero attached hydrogens (tertiary/aromatic N) is 1. The van der Waals surface area contributed by atoms with Crippen molar-refractivity contribution in [3.8, 4) is 0 Å². The summed E-state index contributed by atoms with van der Waals surface area (Å²) in [6, 6.07) is 6.97. The van der Waals surface area contributed by atoms with Gasteiger partial charge in [-0.1, -0.05) is 13.8 Å². The number of rotatable bonds is 7. The first-order valence-electron chi connectivity index (χ1n) is 6.53. The maximum absolute atomic E-state index is 11.8. The molecule has 0 heterocycles. The van der Waals surface area contributed by atoms with E-state index in [1.54, 1.807) is 24.3 Å². The lowest BCUT2D eigenvalue weighted by Gasteiger charge is -2.17. The predicted octanol–water partition coefficient (Wildman–Crippen LogP) is 2.15. The Labute approximate surface area is 121 Å². The smallest absolute Gasteiger partial charge is 0.251 e. The summed E-state index contributed by atoms with van der Waals surface area (Å²) in [5.74, 6) is -0.0328. The van der Waals surface area contributed by atoms with Crippen LogP contribution in [-0.4, -0.2) is 37.0 Å². The average molecular weight is 286 g/mol. The van der Waals surface area contributed by atoms with Crippen molar-refractivity contribution in [1.29, 1.82) is 0 Å². The molecule has 108 valence electrons. The van der Waals surface area contributed by atoms with E-state index in [4.69, 9.17) is 5.73 Å². The van der Waals surface area contributed by atoms with E-state index in [9.17, 15) is 4.79 Å². The zero-order valence-corrected chi connectivity index (χ0v) is 12.5. The Morgan fingerprint density at radius 2 is 1.79 bits per heavy atom. The number of nitrogens with one attached hydrogen (secondary N) is 1. The minimum absolute atomic E-state index is 0. The Hall–Kier alpha value is -1.26. The number of hydrogen-bond donors (Lipinski definition) is 2. The summed E-state index contributed by atoms with van der Waals surface area (Å²) in [7, 11) is 0. The third kappa shape index (κ3) is 6.45. The first-order chi connectivity index (χ1) is 8.67. The molecule has 4 nitrogen and oxygen atoms in total. The highest BCUT2D eigenvalue weighted by Gasteiger charge is 2.04. The van der Waals surface area contributed by atoms with Gasteiger partial charge in [0.2, 0.25) is 0 Å². The molecule has 1 amide bonds. The second-order valence-electron chi connectivity index (χ2n) is 4.26. The normalized spacial score (nSPS) is 10.1. The standard InChI is InChI=1S/C14H23N3O.ClH/c1-3-17(4-2)11-5-10-16-14(18)12-6-8-13(15)9-7-12;/h6-9H,3-5,10-11,15H2,1-2H3,(H,16,18);1H. The predicted molar refractivity (Wildman–Crippen MR) is 82.8 cm³/mol. The third-order valence-electron chi connectivity index (χ3n) is 3.00. The summed E-state index contributed by atoms with van der Waals surface area (Å²) < 4.78 is 0. The van der Waals surface area contributed by atoms with Gasteiger partial charge < -0.3 is 16.0 Å². The fourth-order valence-electron chi connectivity index (χ4n) is 1.78. The highest BCUT2D eigenvalue weighted by atomic mass is 35.5. The van der Waals surface area contributed by atoms with Gasteiger partial charge in [-0.05, 0) is 50.3 Å². The van der Waals surface area contributed by atoms with Crippen LogP contribution in [0.2, 0.25) is 0 Å². The number of carbonyl (C=O) groups is 1. The number of benzene rings is 1. The number of hydrogen-bond acceptors (Lipinski definition) is 3. The van der Waals surface area contributed by atoms with Gasteiger partial charge in [-0.15, -0.1) is 12.4 Å². The number of nitrogens with two attached hydrogens (primary N) is 1. The molecule has 1 aromatic carbocycles. The van der Waals surface area contributed by atoms with Gasteiger partial charge in [-0.3, -0.25) is 4.79 Å². The first kappa shape index (κ1) is 17.7. The number of carbonyl (C=O) groups excluding carboxylic acids is 1. The minimum Gasteiger partial charge on any atom is -0.399 e. The SMILES string of the molecule is CCN(CC)CCCNC(=O)c1ccc(N)cc1.Cl. The zero-order chi connectivity index (χ0) is 13.4. The lowest BCUT2D eigenvalue weighted by molar-refractivity contribution is 0.0952. The third-order valence-corrected chi connectivity index (χ3v) is 3.00. The van der Waals surface area contributed by atoms with Crippen molar-refractivity contribution in [3.63, 3.8) is 0 Å². The van der Waals surface area contributed by atoms with Crippen molar-refractivity contribution < 1.29 is 4.79 Å². The van der Waals surface area contributed by atoms with Crippen LogP contribution in [0.1, 0.15) is 30.6 Å². The van der Waals surface area contributed by atoms with Crippen LogP contribution >= 0.6 is 12.4 Å². The lowest BCUT2D eigenvalue weighted by Crippen LogP contribution is -2.29. The van der Waals surface area contributed by atoms with Gasteiger partial charge in [0.05, 0.1) is 0 Å². The molecule has 0 bridgehead atoms. The van der Waals surface area contributed by atoms with Crippen LogP contribution < -0.4 is 11.1 Å². The molecule has 0 spiro atoms. The van der Waals surface area contributed by atoms with E-state index >= 15 is 0 Å². The largest absolute Gasteiger partial charge is 0.399 e. The Balaban J connectivity index is 0.00000324. The zero-order valence-electron chi connectivity index (χ0n) is 11.7. The first-order valence-corrected chi connectivity index (χ1v) is 6.53. The molecule has 1 rings (SSSR count). The maximum atomic E-state index is 11.8. The molecule has 0 aliphatic carbocycles. The molecule has 0 aliphatic rings. The van der Waals surface area contributed by atoms with Gasteiger partial charge >= 0.3 is 0 Å². The Morgan fingerprint density at radius 3 is 2.32 bits per heavy atom. The van der Waals surface area contributed by atoms with E-state index < -0.39 is 0 Å². The minimum atomic E-state index is -0.0328. The lowest BCUT2D eigenvalue weighted by atomic mass is 10.2. The van der Waals surface area contributed by atoms with E-state index in [0.29, 0.717) is 17.8 Å². The molecule has 0 radical (unpaired) electrons. The van der Waals surface area contributed by atoms with Crippen LogP contribution in [0.25, 0.3) is 0 Å². The second kappa shape index (κ2) is 9.64. The van der Waals surface area contributed by atoms with Crippen molar-refractivity contribution in [3.05, 3.63) is 29.8 Å². The molecular weight excluding hydrogens is 262 g/mol. The fraction of sp³-hybridized carbons (Fsp3) is 0.500. The number of halogens is 1. The number of nitrogen functional groups attached to an aromatic ring is 1. The van der Waals surface area contributed by atoms with Crippen LogP contribution in [0, 0.1) is 0 Å². The molecular formula is C14H24ClN3O. The topological polar surface area (TPSA) is 58.4 Å². The maximum Gasteiger partial charge on any atom is 0.251 e. The molecule has 0 saturated heterocycles. The molecule has 0 aromatic heterocycles. The van der Waals surface area contributed by atoms with E-state index in [2.05, 4.69) is 24.1 Å². The summed E-state index contributed by atoms with van der Waals surface area (Å²) in [5.41, 5.74) is 6.91. The molecule has 0 aliphatic heterocycles. The quantitative estimate of drug-likeness (QED) is 0.596. The molecule has 1 aromatic rings. The van der Waals surface area contributed by atoms with Gasteiger partial charge in [-0.25, -0.2) is 0 Å². The van der Waals surface area contributed by atoms with Crippen LogP contribution in [0.15, 0.2) is 24.3 Å². The fourth-order valence-corrected chi connectivity index (χ4v) is 1.78. The molecule has 3 N–H and O–H groups in total. The number of amides is 1. The molecule has 19 heavy (non-hydrogen) atoms. The van der Waals surface area contributed by atoms with Gasteiger partial charge in [0, 0.05) is 17.8 Å². The van der Waals surface area contributed by atoms with Crippen LogP contribution in [0.3, 0.4) is 0 Å². The van der Waals surface area contributed by atoms with Gasteiger partial charge in [-0.2, -0.15) is 0 Å². The van der Waals surface area contributed by atoms with Gasteiger partial charge in [0.15, 0.2) is 0 Å². The van der Waals surface area contributed by atoms with Crippen molar-refractivity contribution >= 4 is 24.0 Å². The summed E-state index contributed by atoms with van der Waals surface area (Å²) in [4.78, 5) is 14.1. The van der Waals surface area contributed by atoms with Crippen molar-refractivity contribution in [1.82, 2.24) is 10.2 Å².